The molecule has 1 aromatic carbocycles. The molecule has 0 bridgehead atoms. The van der Waals surface area contributed by atoms with E-state index in [-0.39, 0.29) is 5.54 Å². The average Bonchev–Trinajstić information content (AvgIpc) is 2.96. The van der Waals surface area contributed by atoms with E-state index >= 15 is 0 Å². The summed E-state index contributed by atoms with van der Waals surface area (Å²) >= 11 is 1.41. The number of benzene rings is 1. The third-order valence-electron chi connectivity index (χ3n) is 3.09. The second-order valence-electron chi connectivity index (χ2n) is 4.20. The van der Waals surface area contributed by atoms with Gasteiger partial charge in [0.15, 0.2) is 0 Å². The minimum Gasteiger partial charge on any atom is -0.302 e. The Morgan fingerprint density at radius 3 is 2.69 bits per heavy atom. The summed E-state index contributed by atoms with van der Waals surface area (Å²) in [5.41, 5.74) is 2.62. The Hall–Kier alpha value is -1.26. The van der Waals surface area contributed by atoms with E-state index in [2.05, 4.69) is 45.2 Å². The SMILES string of the molecule is c1ccc(C2(NCc3csnn3)CC2)cc1. The monoisotopic (exact) mass is 231 g/mol. The maximum Gasteiger partial charge on any atom is 0.0893 e. The summed E-state index contributed by atoms with van der Waals surface area (Å²) in [4.78, 5) is 0. The van der Waals surface area contributed by atoms with Gasteiger partial charge >= 0.3 is 0 Å². The zero-order valence-electron chi connectivity index (χ0n) is 8.89. The van der Waals surface area contributed by atoms with Crippen LogP contribution in [0.1, 0.15) is 24.1 Å². The summed E-state index contributed by atoms with van der Waals surface area (Å²) in [7, 11) is 0. The highest BCUT2D eigenvalue weighted by atomic mass is 32.1. The van der Waals surface area contributed by atoms with Crippen LogP contribution in [0.5, 0.6) is 0 Å². The van der Waals surface area contributed by atoms with Crippen LogP contribution in [0.15, 0.2) is 35.7 Å². The van der Waals surface area contributed by atoms with Gasteiger partial charge in [0.2, 0.25) is 0 Å². The molecule has 1 aliphatic rings. The molecule has 1 heterocycles. The van der Waals surface area contributed by atoms with Gasteiger partial charge in [-0.15, -0.1) is 5.10 Å². The van der Waals surface area contributed by atoms with Crippen molar-refractivity contribution >= 4 is 11.5 Å². The number of rotatable bonds is 4. The summed E-state index contributed by atoms with van der Waals surface area (Å²) in [6.45, 7) is 0.811. The van der Waals surface area contributed by atoms with Crippen molar-refractivity contribution in [1.82, 2.24) is 14.9 Å². The molecule has 3 rings (SSSR count). The van der Waals surface area contributed by atoms with Crippen molar-refractivity contribution in [1.29, 1.82) is 0 Å². The molecule has 0 radical (unpaired) electrons. The van der Waals surface area contributed by atoms with E-state index < -0.39 is 0 Å². The first-order chi connectivity index (χ1) is 7.89. The van der Waals surface area contributed by atoms with E-state index in [1.807, 2.05) is 5.38 Å². The van der Waals surface area contributed by atoms with Crippen LogP contribution in [0.25, 0.3) is 0 Å². The number of hydrogen-bond acceptors (Lipinski definition) is 4. The maximum atomic E-state index is 4.05. The van der Waals surface area contributed by atoms with Gasteiger partial charge in [0, 0.05) is 17.5 Å². The first kappa shape index (κ1) is 9.93. The predicted molar refractivity (Wildman–Crippen MR) is 64.1 cm³/mol. The van der Waals surface area contributed by atoms with Crippen LogP contribution in [0.3, 0.4) is 0 Å². The van der Waals surface area contributed by atoms with Crippen LogP contribution in [0.2, 0.25) is 0 Å². The van der Waals surface area contributed by atoms with Crippen LogP contribution in [0, 0.1) is 0 Å². The molecule has 0 aliphatic heterocycles. The first-order valence-electron chi connectivity index (χ1n) is 5.46. The van der Waals surface area contributed by atoms with E-state index in [1.54, 1.807) is 0 Å². The van der Waals surface area contributed by atoms with Crippen molar-refractivity contribution in [3.8, 4) is 0 Å². The Morgan fingerprint density at radius 2 is 2.06 bits per heavy atom. The molecule has 0 amide bonds. The molecular formula is C12H13N3S. The third-order valence-corrected chi connectivity index (χ3v) is 3.64. The average molecular weight is 231 g/mol. The molecule has 0 spiro atoms. The van der Waals surface area contributed by atoms with Gasteiger partial charge in [-0.3, -0.25) is 0 Å². The molecule has 0 unspecified atom stereocenters. The molecule has 1 fully saturated rings. The number of nitrogens with one attached hydrogen (secondary N) is 1. The van der Waals surface area contributed by atoms with E-state index in [0.29, 0.717) is 0 Å². The second-order valence-corrected chi connectivity index (χ2v) is 4.81. The van der Waals surface area contributed by atoms with Crippen molar-refractivity contribution in [2.75, 3.05) is 0 Å². The Morgan fingerprint density at radius 1 is 1.25 bits per heavy atom. The Bertz CT molecular complexity index is 448. The van der Waals surface area contributed by atoms with Gasteiger partial charge in [-0.2, -0.15) is 0 Å². The van der Waals surface area contributed by atoms with Crippen molar-refractivity contribution in [2.45, 2.75) is 24.9 Å². The molecule has 1 aromatic heterocycles. The molecule has 82 valence electrons. The fourth-order valence-electron chi connectivity index (χ4n) is 1.97. The molecule has 4 heteroatoms. The minimum absolute atomic E-state index is 0.199. The molecule has 16 heavy (non-hydrogen) atoms. The fraction of sp³-hybridized carbons (Fsp3) is 0.333. The van der Waals surface area contributed by atoms with Gasteiger partial charge < -0.3 is 5.32 Å². The molecular weight excluding hydrogens is 218 g/mol. The topological polar surface area (TPSA) is 37.8 Å². The van der Waals surface area contributed by atoms with E-state index in [4.69, 9.17) is 0 Å². The van der Waals surface area contributed by atoms with Crippen molar-refractivity contribution in [3.05, 3.63) is 47.0 Å². The fourth-order valence-corrected chi connectivity index (χ4v) is 2.42. The van der Waals surface area contributed by atoms with Gasteiger partial charge in [-0.05, 0) is 29.9 Å². The number of hydrogen-bond donors (Lipinski definition) is 1. The summed E-state index contributed by atoms with van der Waals surface area (Å²) in [5.74, 6) is 0. The van der Waals surface area contributed by atoms with Crippen LogP contribution >= 0.6 is 11.5 Å². The van der Waals surface area contributed by atoms with Gasteiger partial charge in [-0.25, -0.2) is 0 Å². The molecule has 1 N–H and O–H groups in total. The van der Waals surface area contributed by atoms with Crippen molar-refractivity contribution in [2.24, 2.45) is 0 Å². The summed E-state index contributed by atoms with van der Waals surface area (Å²) in [6, 6.07) is 10.6. The van der Waals surface area contributed by atoms with E-state index in [1.165, 1.54) is 29.9 Å². The van der Waals surface area contributed by atoms with Crippen LogP contribution in [-0.2, 0) is 12.1 Å². The van der Waals surface area contributed by atoms with Gasteiger partial charge in [0.1, 0.15) is 0 Å². The molecule has 1 saturated carbocycles. The number of aromatic nitrogens is 2. The lowest BCUT2D eigenvalue weighted by Gasteiger charge is -2.16. The molecule has 0 atom stereocenters. The Balaban J connectivity index is 1.71. The van der Waals surface area contributed by atoms with Gasteiger partial charge in [0.25, 0.3) is 0 Å². The lowest BCUT2D eigenvalue weighted by molar-refractivity contribution is 0.513. The predicted octanol–water partition coefficient (Wildman–Crippen LogP) is 2.32. The maximum absolute atomic E-state index is 4.05. The Kier molecular flexibility index (Phi) is 2.46. The number of nitrogens with zero attached hydrogens (tertiary/aromatic N) is 2. The summed E-state index contributed by atoms with van der Waals surface area (Å²) < 4.78 is 3.87. The lowest BCUT2D eigenvalue weighted by Crippen LogP contribution is -2.28. The largest absolute Gasteiger partial charge is 0.302 e. The van der Waals surface area contributed by atoms with Crippen molar-refractivity contribution < 1.29 is 0 Å². The smallest absolute Gasteiger partial charge is 0.0893 e. The quantitative estimate of drug-likeness (QED) is 0.877. The normalized spacial score (nSPS) is 17.2. The zero-order valence-corrected chi connectivity index (χ0v) is 9.70. The summed E-state index contributed by atoms with van der Waals surface area (Å²) in [6.07, 6.45) is 2.43. The highest BCUT2D eigenvalue weighted by Crippen LogP contribution is 2.45. The molecule has 3 nitrogen and oxygen atoms in total. The Labute approximate surface area is 98.7 Å². The van der Waals surface area contributed by atoms with Crippen LogP contribution < -0.4 is 5.32 Å². The third kappa shape index (κ3) is 1.86. The van der Waals surface area contributed by atoms with E-state index in [9.17, 15) is 0 Å². The van der Waals surface area contributed by atoms with Crippen LogP contribution in [-0.4, -0.2) is 9.59 Å². The first-order valence-corrected chi connectivity index (χ1v) is 6.29. The lowest BCUT2D eigenvalue weighted by atomic mass is 10.1. The van der Waals surface area contributed by atoms with Crippen LogP contribution in [0.4, 0.5) is 0 Å². The highest BCUT2D eigenvalue weighted by Gasteiger charge is 2.43. The second kappa shape index (κ2) is 3.96. The van der Waals surface area contributed by atoms with Gasteiger partial charge in [0.05, 0.1) is 5.69 Å². The summed E-state index contributed by atoms with van der Waals surface area (Å²) in [5, 5.41) is 9.63. The standard InChI is InChI=1S/C12H13N3S/c1-2-4-10(5-3-1)12(6-7-12)13-8-11-9-16-15-14-11/h1-5,9,13H,6-8H2. The zero-order chi connectivity index (χ0) is 10.8. The van der Waals surface area contributed by atoms with E-state index in [0.717, 1.165) is 12.2 Å². The highest BCUT2D eigenvalue weighted by molar-refractivity contribution is 7.03. The van der Waals surface area contributed by atoms with Crippen molar-refractivity contribution in [3.63, 3.8) is 0 Å². The minimum atomic E-state index is 0.199. The molecule has 2 aromatic rings. The van der Waals surface area contributed by atoms with Gasteiger partial charge in [-0.1, -0.05) is 34.8 Å². The molecule has 1 aliphatic carbocycles. The molecule has 0 saturated heterocycles.